The average molecular weight is 244 g/mol. The van der Waals surface area contributed by atoms with Gasteiger partial charge in [0.1, 0.15) is 5.82 Å². The first-order valence-electron chi connectivity index (χ1n) is 5.01. The number of anilines is 2. The number of nitrogens with zero attached hydrogens (tertiary/aromatic N) is 1. The first-order valence-corrected chi connectivity index (χ1v) is 5.83. The van der Waals surface area contributed by atoms with Gasteiger partial charge in [0, 0.05) is 11.1 Å². The van der Waals surface area contributed by atoms with Crippen LogP contribution in [0.3, 0.4) is 0 Å². The van der Waals surface area contributed by atoms with Crippen LogP contribution in [0.1, 0.15) is 10.4 Å². The van der Waals surface area contributed by atoms with Gasteiger partial charge < -0.3 is 10.4 Å². The van der Waals surface area contributed by atoms with E-state index in [1.54, 1.807) is 6.07 Å². The fraction of sp³-hybridized carbons (Fsp3) is 0. The number of nitrogens with one attached hydrogen (secondary N) is 1. The third kappa shape index (κ3) is 1.74. The van der Waals surface area contributed by atoms with Crippen molar-refractivity contribution < 1.29 is 9.90 Å². The molecule has 0 saturated heterocycles. The van der Waals surface area contributed by atoms with E-state index in [0.717, 1.165) is 15.5 Å². The minimum atomic E-state index is -0.959. The van der Waals surface area contributed by atoms with Crippen LogP contribution in [0, 0.1) is 0 Å². The summed E-state index contributed by atoms with van der Waals surface area (Å²) in [5.74, 6) is -0.251. The quantitative estimate of drug-likeness (QED) is 0.689. The molecule has 2 aromatic rings. The number of carboxylic acid groups (broad SMARTS) is 1. The van der Waals surface area contributed by atoms with Gasteiger partial charge in [0.05, 0.1) is 16.1 Å². The molecule has 4 nitrogen and oxygen atoms in total. The third-order valence-electron chi connectivity index (χ3n) is 2.46. The van der Waals surface area contributed by atoms with Gasteiger partial charge in [0.15, 0.2) is 0 Å². The molecular formula is C12H8N2O2S. The molecule has 0 spiro atoms. The van der Waals surface area contributed by atoms with Gasteiger partial charge in [-0.25, -0.2) is 9.78 Å². The van der Waals surface area contributed by atoms with Crippen molar-refractivity contribution in [2.75, 3.05) is 5.32 Å². The molecule has 2 N–H and O–H groups in total. The highest BCUT2D eigenvalue weighted by Crippen LogP contribution is 2.42. The van der Waals surface area contributed by atoms with E-state index in [1.165, 1.54) is 18.0 Å². The molecule has 1 aromatic carbocycles. The zero-order valence-electron chi connectivity index (χ0n) is 8.68. The lowest BCUT2D eigenvalue weighted by molar-refractivity contribution is 0.0696. The van der Waals surface area contributed by atoms with E-state index >= 15 is 0 Å². The molecule has 0 radical (unpaired) electrons. The first kappa shape index (κ1) is 10.2. The maximum Gasteiger partial charge on any atom is 0.337 e. The van der Waals surface area contributed by atoms with Crippen molar-refractivity contribution in [2.24, 2.45) is 0 Å². The van der Waals surface area contributed by atoms with Crippen LogP contribution in [0.4, 0.5) is 11.5 Å². The Morgan fingerprint density at radius 1 is 1.29 bits per heavy atom. The fourth-order valence-electron chi connectivity index (χ4n) is 1.64. The number of fused-ring (bicyclic) bond motifs is 2. The summed E-state index contributed by atoms with van der Waals surface area (Å²) in [6.07, 6.45) is 1.36. The SMILES string of the molecule is O=C(O)c1cnc2c(c1)Sc1ccccc1N2. The number of pyridine rings is 1. The van der Waals surface area contributed by atoms with Crippen LogP contribution >= 0.6 is 11.8 Å². The van der Waals surface area contributed by atoms with Gasteiger partial charge in [-0.3, -0.25) is 0 Å². The number of benzene rings is 1. The average Bonchev–Trinajstić information content (AvgIpc) is 2.35. The van der Waals surface area contributed by atoms with E-state index in [9.17, 15) is 4.79 Å². The fourth-order valence-corrected chi connectivity index (χ4v) is 2.64. The summed E-state index contributed by atoms with van der Waals surface area (Å²) in [6, 6.07) is 9.50. The number of hydrogen-bond donors (Lipinski definition) is 2. The van der Waals surface area contributed by atoms with E-state index in [1.807, 2.05) is 24.3 Å². The highest BCUT2D eigenvalue weighted by molar-refractivity contribution is 7.99. The molecule has 84 valence electrons. The zero-order chi connectivity index (χ0) is 11.8. The van der Waals surface area contributed by atoms with Crippen LogP contribution in [0.5, 0.6) is 0 Å². The van der Waals surface area contributed by atoms with Gasteiger partial charge in [-0.2, -0.15) is 0 Å². The molecular weight excluding hydrogens is 236 g/mol. The third-order valence-corrected chi connectivity index (χ3v) is 3.57. The standard InChI is InChI=1S/C12H8N2O2S/c15-12(16)7-5-10-11(13-6-7)14-8-3-1-2-4-9(8)17-10/h1-6H,(H,13,14)(H,15,16). The smallest absolute Gasteiger partial charge is 0.337 e. The second-order valence-electron chi connectivity index (χ2n) is 3.60. The minimum Gasteiger partial charge on any atom is -0.478 e. The predicted octanol–water partition coefficient (Wildman–Crippen LogP) is 2.99. The van der Waals surface area contributed by atoms with Crippen molar-refractivity contribution in [3.63, 3.8) is 0 Å². The van der Waals surface area contributed by atoms with Crippen molar-refractivity contribution in [3.05, 3.63) is 42.1 Å². The summed E-state index contributed by atoms with van der Waals surface area (Å²) in [5, 5.41) is 12.1. The maximum absolute atomic E-state index is 10.9. The number of rotatable bonds is 1. The van der Waals surface area contributed by atoms with Crippen molar-refractivity contribution in [1.82, 2.24) is 4.98 Å². The highest BCUT2D eigenvalue weighted by Gasteiger charge is 2.17. The zero-order valence-corrected chi connectivity index (χ0v) is 9.49. The van der Waals surface area contributed by atoms with Gasteiger partial charge in [-0.05, 0) is 18.2 Å². The van der Waals surface area contributed by atoms with Crippen LogP contribution in [-0.4, -0.2) is 16.1 Å². The van der Waals surface area contributed by atoms with E-state index in [0.29, 0.717) is 5.82 Å². The molecule has 0 aliphatic carbocycles. The molecule has 0 amide bonds. The monoisotopic (exact) mass is 244 g/mol. The Labute approximate surface area is 102 Å². The van der Waals surface area contributed by atoms with Gasteiger partial charge in [0.25, 0.3) is 0 Å². The topological polar surface area (TPSA) is 62.2 Å². The molecule has 0 unspecified atom stereocenters. The second kappa shape index (κ2) is 3.78. The van der Waals surface area contributed by atoms with E-state index < -0.39 is 5.97 Å². The Hall–Kier alpha value is -2.01. The highest BCUT2D eigenvalue weighted by atomic mass is 32.2. The van der Waals surface area contributed by atoms with E-state index in [4.69, 9.17) is 5.11 Å². The molecule has 0 saturated carbocycles. The Kier molecular flexibility index (Phi) is 2.26. The van der Waals surface area contributed by atoms with Gasteiger partial charge in [-0.15, -0.1) is 0 Å². The van der Waals surface area contributed by atoms with Crippen molar-refractivity contribution in [2.45, 2.75) is 9.79 Å². The summed E-state index contributed by atoms with van der Waals surface area (Å²) in [7, 11) is 0. The summed E-state index contributed by atoms with van der Waals surface area (Å²) >= 11 is 1.53. The molecule has 1 aromatic heterocycles. The number of carbonyl (C=O) groups is 1. The molecule has 1 aliphatic rings. The molecule has 17 heavy (non-hydrogen) atoms. The lowest BCUT2D eigenvalue weighted by Gasteiger charge is -2.19. The minimum absolute atomic E-state index is 0.206. The van der Waals surface area contributed by atoms with E-state index in [-0.39, 0.29) is 5.56 Å². The molecule has 3 rings (SSSR count). The Morgan fingerprint density at radius 3 is 2.94 bits per heavy atom. The normalized spacial score (nSPS) is 12.2. The summed E-state index contributed by atoms with van der Waals surface area (Å²) in [6.45, 7) is 0. The number of para-hydroxylation sites is 1. The van der Waals surface area contributed by atoms with Gasteiger partial charge >= 0.3 is 5.97 Å². The van der Waals surface area contributed by atoms with Gasteiger partial charge in [-0.1, -0.05) is 23.9 Å². The second-order valence-corrected chi connectivity index (χ2v) is 4.68. The molecule has 0 fully saturated rings. The van der Waals surface area contributed by atoms with Crippen LogP contribution in [0.25, 0.3) is 0 Å². The van der Waals surface area contributed by atoms with Crippen LogP contribution in [-0.2, 0) is 0 Å². The molecule has 2 heterocycles. The van der Waals surface area contributed by atoms with Crippen LogP contribution in [0.15, 0.2) is 46.3 Å². The van der Waals surface area contributed by atoms with Crippen molar-refractivity contribution >= 4 is 29.2 Å². The largest absolute Gasteiger partial charge is 0.478 e. The van der Waals surface area contributed by atoms with Crippen LogP contribution < -0.4 is 5.32 Å². The molecule has 0 atom stereocenters. The summed E-state index contributed by atoms with van der Waals surface area (Å²) in [5.41, 5.74) is 1.21. The number of hydrogen-bond acceptors (Lipinski definition) is 4. The molecule has 0 bridgehead atoms. The van der Waals surface area contributed by atoms with Crippen molar-refractivity contribution in [1.29, 1.82) is 0 Å². The summed E-state index contributed by atoms with van der Waals surface area (Å²) in [4.78, 5) is 16.9. The lowest BCUT2D eigenvalue weighted by atomic mass is 10.2. The number of aromatic carboxylic acids is 1. The number of aromatic nitrogens is 1. The summed E-state index contributed by atoms with van der Waals surface area (Å²) < 4.78 is 0. The first-order chi connectivity index (χ1) is 8.24. The molecule has 5 heteroatoms. The Bertz CT molecular complexity index is 613. The maximum atomic E-state index is 10.9. The lowest BCUT2D eigenvalue weighted by Crippen LogP contribution is -2.05. The molecule has 1 aliphatic heterocycles. The number of carboxylic acids is 1. The Balaban J connectivity index is 2.06. The van der Waals surface area contributed by atoms with Crippen molar-refractivity contribution in [3.8, 4) is 0 Å². The predicted molar refractivity (Wildman–Crippen MR) is 65.0 cm³/mol. The Morgan fingerprint density at radius 2 is 2.12 bits per heavy atom. The van der Waals surface area contributed by atoms with Crippen LogP contribution in [0.2, 0.25) is 0 Å². The van der Waals surface area contributed by atoms with E-state index in [2.05, 4.69) is 10.3 Å². The van der Waals surface area contributed by atoms with Gasteiger partial charge in [0.2, 0.25) is 0 Å².